The molecule has 7 heteroatoms. The maximum absolute atomic E-state index is 13.3. The number of nitrogens with one attached hydrogen (secondary N) is 1. The fraction of sp³-hybridized carbons (Fsp3) is 0.480. The number of ether oxygens (including phenoxy) is 1. The number of unbranched alkanes of at least 4 members (excludes halogenated alkanes) is 3. The van der Waals surface area contributed by atoms with E-state index in [1.54, 1.807) is 13.1 Å². The van der Waals surface area contributed by atoms with Crippen LogP contribution in [0.2, 0.25) is 0 Å². The Morgan fingerprint density at radius 1 is 1.06 bits per heavy atom. The molecule has 1 aliphatic heterocycles. The lowest BCUT2D eigenvalue weighted by atomic mass is 9.96. The van der Waals surface area contributed by atoms with Gasteiger partial charge in [-0.2, -0.15) is 0 Å². The molecule has 0 radical (unpaired) electrons. The van der Waals surface area contributed by atoms with E-state index in [1.165, 1.54) is 4.31 Å². The molecule has 174 valence electrons. The third-order valence-corrected chi connectivity index (χ3v) is 7.56. The van der Waals surface area contributed by atoms with Crippen molar-refractivity contribution < 1.29 is 17.9 Å². The fourth-order valence-electron chi connectivity index (χ4n) is 4.10. The summed E-state index contributed by atoms with van der Waals surface area (Å²) in [7, 11) is -2.02. The highest BCUT2D eigenvalue weighted by Gasteiger charge is 2.34. The molecule has 0 saturated heterocycles. The molecule has 6 nitrogen and oxygen atoms in total. The molecule has 0 saturated carbocycles. The van der Waals surface area contributed by atoms with E-state index in [2.05, 4.69) is 5.32 Å². The van der Waals surface area contributed by atoms with Crippen LogP contribution in [0.25, 0.3) is 0 Å². The number of nitrogens with zero attached hydrogens (tertiary/aromatic N) is 1. The Bertz CT molecular complexity index is 1050. The van der Waals surface area contributed by atoms with Gasteiger partial charge in [-0.3, -0.25) is 9.10 Å². The smallest absolute Gasteiger partial charge is 0.306 e. The number of rotatable bonds is 9. The van der Waals surface area contributed by atoms with Crippen LogP contribution in [-0.2, 0) is 19.6 Å². The van der Waals surface area contributed by atoms with Crippen LogP contribution in [0.3, 0.4) is 0 Å². The van der Waals surface area contributed by atoms with Gasteiger partial charge in [-0.1, -0.05) is 43.2 Å². The monoisotopic (exact) mass is 458 g/mol. The molecule has 1 heterocycles. The SMILES string of the molecule is Cc1ccc2c(c1)S(=O)(=O)N(C)c1ccccc1C2NCCCCCCC(=O)OC(C)C. The molecular formula is C25H34N2O4S. The molecule has 3 rings (SSSR count). The van der Waals surface area contributed by atoms with E-state index in [0.29, 0.717) is 17.0 Å². The van der Waals surface area contributed by atoms with Crippen LogP contribution >= 0.6 is 0 Å². The number of carbonyl (C=O) groups is 1. The Kier molecular flexibility index (Phi) is 7.96. The van der Waals surface area contributed by atoms with E-state index in [4.69, 9.17) is 4.74 Å². The lowest BCUT2D eigenvalue weighted by Crippen LogP contribution is -2.26. The van der Waals surface area contributed by atoms with Crippen molar-refractivity contribution in [1.29, 1.82) is 0 Å². The third kappa shape index (κ3) is 5.51. The summed E-state index contributed by atoms with van der Waals surface area (Å²) in [4.78, 5) is 12.0. The first kappa shape index (κ1) is 24.3. The van der Waals surface area contributed by atoms with Gasteiger partial charge in [-0.25, -0.2) is 8.42 Å². The predicted molar refractivity (Wildman–Crippen MR) is 127 cm³/mol. The average Bonchev–Trinajstić information content (AvgIpc) is 2.80. The number of fused-ring (bicyclic) bond motifs is 2. The lowest BCUT2D eigenvalue weighted by Gasteiger charge is -2.22. The summed E-state index contributed by atoms with van der Waals surface area (Å²) in [5.41, 5.74) is 3.35. The minimum atomic E-state index is -3.64. The molecule has 0 spiro atoms. The normalized spacial score (nSPS) is 16.9. The lowest BCUT2D eigenvalue weighted by molar-refractivity contribution is -0.147. The summed E-state index contributed by atoms with van der Waals surface area (Å²) in [6.45, 7) is 6.38. The zero-order valence-electron chi connectivity index (χ0n) is 19.4. The van der Waals surface area contributed by atoms with Gasteiger partial charge in [-0.15, -0.1) is 0 Å². The molecule has 0 bridgehead atoms. The Balaban J connectivity index is 1.69. The zero-order valence-corrected chi connectivity index (χ0v) is 20.2. The maximum Gasteiger partial charge on any atom is 0.306 e. The van der Waals surface area contributed by atoms with Crippen LogP contribution in [0.5, 0.6) is 0 Å². The molecule has 1 atom stereocenters. The van der Waals surface area contributed by atoms with Gasteiger partial charge in [0.1, 0.15) is 0 Å². The Hall–Kier alpha value is -2.38. The average molecular weight is 459 g/mol. The molecule has 0 aromatic heterocycles. The van der Waals surface area contributed by atoms with Crippen LogP contribution in [0.15, 0.2) is 47.4 Å². The van der Waals surface area contributed by atoms with Gasteiger partial charge < -0.3 is 10.1 Å². The van der Waals surface area contributed by atoms with Crippen LogP contribution in [0.4, 0.5) is 5.69 Å². The van der Waals surface area contributed by atoms with Crippen molar-refractivity contribution in [2.75, 3.05) is 17.9 Å². The molecule has 1 unspecified atom stereocenters. The van der Waals surface area contributed by atoms with Crippen molar-refractivity contribution in [2.24, 2.45) is 0 Å². The number of para-hydroxylation sites is 1. The standard InChI is InChI=1S/C25H34N2O4S/c1-18(2)31-24(28)13-7-5-6-10-16-26-25-20-11-8-9-12-22(20)27(4)32(29,30)23-17-19(3)14-15-21(23)25/h8-9,11-12,14-15,17-18,25-26H,5-7,10,13,16H2,1-4H3. The molecule has 2 aromatic carbocycles. The fourth-order valence-corrected chi connectivity index (χ4v) is 5.64. The number of sulfonamides is 1. The number of carbonyl (C=O) groups excluding carboxylic acids is 1. The van der Waals surface area contributed by atoms with E-state index in [-0.39, 0.29) is 18.1 Å². The van der Waals surface area contributed by atoms with Gasteiger partial charge in [0.25, 0.3) is 10.0 Å². The van der Waals surface area contributed by atoms with Crippen LogP contribution in [-0.4, -0.2) is 34.1 Å². The van der Waals surface area contributed by atoms with Crippen molar-refractivity contribution >= 4 is 21.7 Å². The summed E-state index contributed by atoms with van der Waals surface area (Å²) >= 11 is 0. The first-order valence-electron chi connectivity index (χ1n) is 11.3. The second kappa shape index (κ2) is 10.5. The molecule has 0 fully saturated rings. The second-order valence-corrected chi connectivity index (χ2v) is 10.6. The van der Waals surface area contributed by atoms with E-state index >= 15 is 0 Å². The highest BCUT2D eigenvalue weighted by atomic mass is 32.2. The van der Waals surface area contributed by atoms with E-state index < -0.39 is 10.0 Å². The Labute approximate surface area is 192 Å². The van der Waals surface area contributed by atoms with E-state index in [1.807, 2.05) is 57.2 Å². The Morgan fingerprint density at radius 3 is 2.53 bits per heavy atom. The summed E-state index contributed by atoms with van der Waals surface area (Å²) in [6.07, 6.45) is 4.12. The van der Waals surface area contributed by atoms with Gasteiger partial charge in [0, 0.05) is 13.5 Å². The van der Waals surface area contributed by atoms with Crippen LogP contribution in [0.1, 0.15) is 68.7 Å². The molecule has 2 aromatic rings. The zero-order chi connectivity index (χ0) is 23.3. The summed E-state index contributed by atoms with van der Waals surface area (Å²) in [5, 5.41) is 3.59. The van der Waals surface area contributed by atoms with E-state index in [9.17, 15) is 13.2 Å². The summed E-state index contributed by atoms with van der Waals surface area (Å²) < 4.78 is 33.2. The second-order valence-electron chi connectivity index (χ2n) is 8.66. The minimum absolute atomic E-state index is 0.0660. The molecule has 0 aliphatic carbocycles. The largest absolute Gasteiger partial charge is 0.463 e. The van der Waals surface area contributed by atoms with Crippen LogP contribution in [0, 0.1) is 6.92 Å². The molecule has 1 aliphatic rings. The number of anilines is 1. The first-order chi connectivity index (χ1) is 15.2. The highest BCUT2D eigenvalue weighted by Crippen LogP contribution is 2.40. The third-order valence-electron chi connectivity index (χ3n) is 5.73. The molecule has 1 N–H and O–H groups in total. The van der Waals surface area contributed by atoms with Crippen molar-refractivity contribution in [1.82, 2.24) is 5.32 Å². The molecular weight excluding hydrogens is 424 g/mol. The number of hydrogen-bond donors (Lipinski definition) is 1. The van der Waals surface area contributed by atoms with Crippen molar-refractivity contribution in [3.8, 4) is 0 Å². The number of aryl methyl sites for hydroxylation is 1. The number of hydrogen-bond acceptors (Lipinski definition) is 5. The minimum Gasteiger partial charge on any atom is -0.463 e. The van der Waals surface area contributed by atoms with Gasteiger partial charge in [-0.05, 0) is 69.0 Å². The van der Waals surface area contributed by atoms with Gasteiger partial charge >= 0.3 is 5.97 Å². The van der Waals surface area contributed by atoms with Gasteiger partial charge in [0.2, 0.25) is 0 Å². The van der Waals surface area contributed by atoms with Crippen molar-refractivity contribution in [2.45, 2.75) is 69.9 Å². The first-order valence-corrected chi connectivity index (χ1v) is 12.8. The molecule has 32 heavy (non-hydrogen) atoms. The quantitative estimate of drug-likeness (QED) is 0.435. The van der Waals surface area contributed by atoms with Crippen molar-refractivity contribution in [3.63, 3.8) is 0 Å². The number of benzene rings is 2. The van der Waals surface area contributed by atoms with Crippen LogP contribution < -0.4 is 9.62 Å². The summed E-state index contributed by atoms with van der Waals surface area (Å²) in [6, 6.07) is 13.1. The Morgan fingerprint density at radius 2 is 1.78 bits per heavy atom. The van der Waals surface area contributed by atoms with Gasteiger partial charge in [0.05, 0.1) is 22.7 Å². The highest BCUT2D eigenvalue weighted by molar-refractivity contribution is 7.92. The summed E-state index contributed by atoms with van der Waals surface area (Å²) in [5.74, 6) is -0.134. The van der Waals surface area contributed by atoms with Gasteiger partial charge in [0.15, 0.2) is 0 Å². The van der Waals surface area contributed by atoms with E-state index in [0.717, 1.165) is 48.9 Å². The maximum atomic E-state index is 13.3. The predicted octanol–water partition coefficient (Wildman–Crippen LogP) is 4.71. The topological polar surface area (TPSA) is 75.7 Å². The van der Waals surface area contributed by atoms with Crippen molar-refractivity contribution in [3.05, 3.63) is 59.2 Å². The molecule has 0 amide bonds. The number of esters is 1.